The van der Waals surface area contributed by atoms with Gasteiger partial charge in [-0.05, 0) is 18.1 Å². The van der Waals surface area contributed by atoms with E-state index in [9.17, 15) is 14.4 Å². The Morgan fingerprint density at radius 2 is 1.96 bits per heavy atom. The van der Waals surface area contributed by atoms with Crippen molar-refractivity contribution >= 4 is 11.8 Å². The highest BCUT2D eigenvalue weighted by Gasteiger charge is 2.18. The highest BCUT2D eigenvalue weighted by atomic mass is 16.5. The van der Waals surface area contributed by atoms with E-state index in [1.54, 1.807) is 14.2 Å². The van der Waals surface area contributed by atoms with E-state index in [4.69, 9.17) is 4.74 Å². The van der Waals surface area contributed by atoms with Crippen molar-refractivity contribution in [3.05, 3.63) is 69.6 Å². The van der Waals surface area contributed by atoms with Crippen LogP contribution >= 0.6 is 0 Å². The number of rotatable bonds is 8. The molecule has 0 bridgehead atoms. The zero-order valence-corrected chi connectivity index (χ0v) is 15.0. The van der Waals surface area contributed by atoms with Crippen LogP contribution in [0.4, 0.5) is 0 Å². The molecule has 7 heteroatoms. The largest absolute Gasteiger partial charge is 0.385 e. The summed E-state index contributed by atoms with van der Waals surface area (Å²) in [5.41, 5.74) is 0.601. The molecule has 0 aliphatic heterocycles. The molecular weight excluding hydrogens is 334 g/mol. The van der Waals surface area contributed by atoms with Crippen LogP contribution in [0.2, 0.25) is 0 Å². The predicted molar refractivity (Wildman–Crippen MR) is 98.1 cm³/mol. The molecule has 1 aromatic heterocycles. The molecular formula is C19H23N3O4. The van der Waals surface area contributed by atoms with Crippen LogP contribution in [0.3, 0.4) is 0 Å². The number of aromatic amines is 1. The molecule has 1 heterocycles. The SMILES string of the molecule is COCCCNC(=O)c1c[nH]c(=O)c(C(=O)N(C)Cc2ccccc2)c1. The molecule has 0 saturated carbocycles. The fourth-order valence-electron chi connectivity index (χ4n) is 2.43. The van der Waals surface area contributed by atoms with Gasteiger partial charge in [0.1, 0.15) is 5.56 Å². The van der Waals surface area contributed by atoms with Crippen molar-refractivity contribution < 1.29 is 14.3 Å². The van der Waals surface area contributed by atoms with Crippen molar-refractivity contribution in [2.45, 2.75) is 13.0 Å². The molecule has 0 spiro atoms. The van der Waals surface area contributed by atoms with Crippen LogP contribution < -0.4 is 10.9 Å². The number of nitrogens with zero attached hydrogens (tertiary/aromatic N) is 1. The van der Waals surface area contributed by atoms with Gasteiger partial charge in [-0.1, -0.05) is 30.3 Å². The van der Waals surface area contributed by atoms with E-state index in [0.29, 0.717) is 26.1 Å². The number of benzene rings is 1. The van der Waals surface area contributed by atoms with Crippen LogP contribution in [0.25, 0.3) is 0 Å². The summed E-state index contributed by atoms with van der Waals surface area (Å²) >= 11 is 0. The van der Waals surface area contributed by atoms with Gasteiger partial charge in [-0.15, -0.1) is 0 Å². The van der Waals surface area contributed by atoms with Crippen molar-refractivity contribution in [2.24, 2.45) is 0 Å². The number of hydrogen-bond donors (Lipinski definition) is 2. The third-order valence-electron chi connectivity index (χ3n) is 3.82. The molecule has 2 N–H and O–H groups in total. The van der Waals surface area contributed by atoms with E-state index in [1.807, 2.05) is 30.3 Å². The topological polar surface area (TPSA) is 91.5 Å². The van der Waals surface area contributed by atoms with Crippen molar-refractivity contribution in [1.29, 1.82) is 0 Å². The Morgan fingerprint density at radius 3 is 2.65 bits per heavy atom. The van der Waals surface area contributed by atoms with Gasteiger partial charge in [0.05, 0.1) is 5.56 Å². The van der Waals surface area contributed by atoms with Gasteiger partial charge < -0.3 is 19.9 Å². The van der Waals surface area contributed by atoms with E-state index >= 15 is 0 Å². The lowest BCUT2D eigenvalue weighted by atomic mass is 10.1. The van der Waals surface area contributed by atoms with Gasteiger partial charge in [0.15, 0.2) is 0 Å². The first-order chi connectivity index (χ1) is 12.5. The number of pyridine rings is 1. The van der Waals surface area contributed by atoms with Crippen molar-refractivity contribution in [2.75, 3.05) is 27.3 Å². The third-order valence-corrected chi connectivity index (χ3v) is 3.82. The summed E-state index contributed by atoms with van der Waals surface area (Å²) < 4.78 is 4.92. The summed E-state index contributed by atoms with van der Waals surface area (Å²) in [6.07, 6.45) is 1.99. The second-order valence-corrected chi connectivity index (χ2v) is 5.88. The summed E-state index contributed by atoms with van der Waals surface area (Å²) in [7, 11) is 3.21. The lowest BCUT2D eigenvalue weighted by Crippen LogP contribution is -2.32. The molecule has 7 nitrogen and oxygen atoms in total. The minimum absolute atomic E-state index is 0.0621. The quantitative estimate of drug-likeness (QED) is 0.699. The molecule has 0 atom stereocenters. The van der Waals surface area contributed by atoms with Gasteiger partial charge in [0, 0.05) is 40.1 Å². The van der Waals surface area contributed by atoms with Gasteiger partial charge in [0.25, 0.3) is 17.4 Å². The van der Waals surface area contributed by atoms with E-state index in [2.05, 4.69) is 10.3 Å². The number of nitrogens with one attached hydrogen (secondary N) is 2. The minimum atomic E-state index is -0.522. The van der Waals surface area contributed by atoms with Crippen LogP contribution in [-0.4, -0.2) is 49.0 Å². The van der Waals surface area contributed by atoms with E-state index in [0.717, 1.165) is 5.56 Å². The number of hydrogen-bond acceptors (Lipinski definition) is 4. The van der Waals surface area contributed by atoms with Crippen molar-refractivity contribution in [1.82, 2.24) is 15.2 Å². The molecule has 0 unspecified atom stereocenters. The molecule has 1 aromatic carbocycles. The minimum Gasteiger partial charge on any atom is -0.385 e. The number of ether oxygens (including phenoxy) is 1. The smallest absolute Gasteiger partial charge is 0.260 e. The lowest BCUT2D eigenvalue weighted by molar-refractivity contribution is 0.0783. The maximum absolute atomic E-state index is 12.6. The van der Waals surface area contributed by atoms with Gasteiger partial charge in [0.2, 0.25) is 0 Å². The summed E-state index contributed by atoms with van der Waals surface area (Å²) in [6, 6.07) is 10.8. The third kappa shape index (κ3) is 5.29. The van der Waals surface area contributed by atoms with Crippen molar-refractivity contribution in [3.63, 3.8) is 0 Å². The standard InChI is InChI=1S/C19H23N3O4/c1-22(13-14-7-4-3-5-8-14)19(25)16-11-15(12-21-18(16)24)17(23)20-9-6-10-26-2/h3-5,7-8,11-12H,6,9-10,13H2,1-2H3,(H,20,23)(H,21,24). The van der Waals surface area contributed by atoms with Gasteiger partial charge in [-0.25, -0.2) is 0 Å². The fourth-order valence-corrected chi connectivity index (χ4v) is 2.43. The number of methoxy groups -OCH3 is 1. The zero-order chi connectivity index (χ0) is 18.9. The normalized spacial score (nSPS) is 10.4. The number of amides is 2. The summed E-state index contributed by atoms with van der Waals surface area (Å²) in [5, 5.41) is 2.72. The number of carbonyl (C=O) groups is 2. The Morgan fingerprint density at radius 1 is 1.23 bits per heavy atom. The van der Waals surface area contributed by atoms with Crippen LogP contribution in [0.15, 0.2) is 47.4 Å². The van der Waals surface area contributed by atoms with Gasteiger partial charge >= 0.3 is 0 Å². The molecule has 0 aliphatic carbocycles. The van der Waals surface area contributed by atoms with E-state index in [-0.39, 0.29) is 17.0 Å². The Bertz CT molecular complexity index is 802. The molecule has 0 saturated heterocycles. The molecule has 0 aliphatic rings. The molecule has 138 valence electrons. The highest BCUT2D eigenvalue weighted by Crippen LogP contribution is 2.07. The van der Waals surface area contributed by atoms with Crippen LogP contribution in [0.5, 0.6) is 0 Å². The first-order valence-corrected chi connectivity index (χ1v) is 8.32. The zero-order valence-electron chi connectivity index (χ0n) is 15.0. The first-order valence-electron chi connectivity index (χ1n) is 8.32. The number of aromatic nitrogens is 1. The van der Waals surface area contributed by atoms with E-state index < -0.39 is 11.5 Å². The monoisotopic (exact) mass is 357 g/mol. The van der Waals surface area contributed by atoms with Crippen LogP contribution in [0, 0.1) is 0 Å². The van der Waals surface area contributed by atoms with Gasteiger partial charge in [-0.3, -0.25) is 14.4 Å². The summed E-state index contributed by atoms with van der Waals surface area (Å²) in [4.78, 5) is 40.7. The average Bonchev–Trinajstić information content (AvgIpc) is 2.65. The maximum atomic E-state index is 12.6. The van der Waals surface area contributed by atoms with Crippen LogP contribution in [0.1, 0.15) is 32.7 Å². The number of carbonyl (C=O) groups excluding carboxylic acids is 2. The molecule has 2 aromatic rings. The second kappa shape index (κ2) is 9.53. The Hall–Kier alpha value is -2.93. The molecule has 0 fully saturated rings. The Labute approximate surface area is 152 Å². The highest BCUT2D eigenvalue weighted by molar-refractivity contribution is 5.99. The Kier molecular flexibility index (Phi) is 7.11. The summed E-state index contributed by atoms with van der Waals surface area (Å²) in [5.74, 6) is -0.791. The maximum Gasteiger partial charge on any atom is 0.260 e. The lowest BCUT2D eigenvalue weighted by Gasteiger charge is -2.17. The summed E-state index contributed by atoms with van der Waals surface area (Å²) in [6.45, 7) is 1.36. The van der Waals surface area contributed by atoms with Gasteiger partial charge in [-0.2, -0.15) is 0 Å². The van der Waals surface area contributed by atoms with Crippen LogP contribution in [-0.2, 0) is 11.3 Å². The Balaban J connectivity index is 2.09. The second-order valence-electron chi connectivity index (χ2n) is 5.88. The number of H-pyrrole nitrogens is 1. The van der Waals surface area contributed by atoms with Crippen molar-refractivity contribution in [3.8, 4) is 0 Å². The molecule has 0 radical (unpaired) electrons. The molecule has 2 rings (SSSR count). The molecule has 26 heavy (non-hydrogen) atoms. The average molecular weight is 357 g/mol. The fraction of sp³-hybridized carbons (Fsp3) is 0.316. The predicted octanol–water partition coefficient (Wildman–Crippen LogP) is 1.41. The first kappa shape index (κ1) is 19.4. The van der Waals surface area contributed by atoms with E-state index in [1.165, 1.54) is 17.2 Å². The molecule has 2 amide bonds.